The number of aliphatic imine (C=N–C) groups is 1. The zero-order valence-corrected chi connectivity index (χ0v) is 18.1. The van der Waals surface area contributed by atoms with Crippen molar-refractivity contribution >= 4 is 24.4 Å². The highest BCUT2D eigenvalue weighted by atomic mass is 16.2. The average Bonchev–Trinajstić information content (AvgIpc) is 2.99. The number of pyridine rings is 1. The Labute approximate surface area is 183 Å². The zero-order chi connectivity index (χ0) is 21.6. The molecule has 31 heavy (non-hydrogen) atoms. The molecule has 3 aliphatic rings. The van der Waals surface area contributed by atoms with E-state index in [2.05, 4.69) is 28.2 Å². The van der Waals surface area contributed by atoms with Crippen molar-refractivity contribution < 1.29 is 4.79 Å². The summed E-state index contributed by atoms with van der Waals surface area (Å²) in [6.07, 6.45) is 16.1. The first kappa shape index (κ1) is 21.0. The van der Waals surface area contributed by atoms with Gasteiger partial charge in [-0.3, -0.25) is 14.7 Å². The fourth-order valence-corrected chi connectivity index (χ4v) is 4.50. The highest BCUT2D eigenvalue weighted by Crippen LogP contribution is 2.24. The molecule has 158 valence electrons. The number of fused-ring (bicyclic) bond motifs is 3. The van der Waals surface area contributed by atoms with E-state index < -0.39 is 0 Å². The van der Waals surface area contributed by atoms with Crippen LogP contribution in [0.5, 0.6) is 0 Å². The van der Waals surface area contributed by atoms with E-state index >= 15 is 0 Å². The van der Waals surface area contributed by atoms with Crippen molar-refractivity contribution in [3.05, 3.63) is 63.3 Å². The first-order valence-corrected chi connectivity index (χ1v) is 11.1. The van der Waals surface area contributed by atoms with Crippen LogP contribution in [0.3, 0.4) is 0 Å². The molecular weight excluding hydrogens is 384 g/mol. The first-order chi connectivity index (χ1) is 15.2. The van der Waals surface area contributed by atoms with Crippen LogP contribution < -0.4 is 10.4 Å². The quantitative estimate of drug-likeness (QED) is 0.718. The van der Waals surface area contributed by atoms with Crippen LogP contribution in [0.15, 0.2) is 35.5 Å². The normalized spacial score (nSPS) is 17.7. The van der Waals surface area contributed by atoms with E-state index in [4.69, 9.17) is 5.26 Å². The Hall–Kier alpha value is -3.26. The smallest absolute Gasteiger partial charge is 0.259 e. The summed E-state index contributed by atoms with van der Waals surface area (Å²) in [5.74, 6) is 0.143. The molecule has 1 fully saturated rings. The molecule has 5 heteroatoms. The topological polar surface area (TPSA) is 69.3 Å². The number of nitrogens with zero attached hydrogens (tertiary/aromatic N) is 4. The lowest BCUT2D eigenvalue weighted by atomic mass is 9.93. The minimum atomic E-state index is 0.143. The lowest BCUT2D eigenvalue weighted by Crippen LogP contribution is -2.41. The molecule has 1 aromatic heterocycles. The van der Waals surface area contributed by atoms with Crippen molar-refractivity contribution in [1.82, 2.24) is 9.88 Å². The fourth-order valence-electron chi connectivity index (χ4n) is 4.50. The Morgan fingerprint density at radius 3 is 2.61 bits per heavy atom. The van der Waals surface area contributed by atoms with Crippen LogP contribution in [-0.2, 0) is 6.54 Å². The van der Waals surface area contributed by atoms with Gasteiger partial charge >= 0.3 is 0 Å². The first-order valence-electron chi connectivity index (χ1n) is 11.1. The minimum Gasteiger partial charge on any atom is -0.296 e. The third-order valence-electron chi connectivity index (χ3n) is 6.18. The molecule has 2 aromatic rings. The molecule has 0 saturated heterocycles. The lowest BCUT2D eigenvalue weighted by Gasteiger charge is -2.30. The Kier molecular flexibility index (Phi) is 6.57. The summed E-state index contributed by atoms with van der Waals surface area (Å²) in [6.45, 7) is 2.56. The monoisotopic (exact) mass is 412 g/mol. The average molecular weight is 413 g/mol. The molecule has 1 amide bonds. The van der Waals surface area contributed by atoms with Crippen molar-refractivity contribution in [2.24, 2.45) is 4.99 Å². The molecule has 0 radical (unpaired) electrons. The third kappa shape index (κ3) is 4.74. The molecule has 0 spiro atoms. The Morgan fingerprint density at radius 2 is 1.87 bits per heavy atom. The summed E-state index contributed by atoms with van der Waals surface area (Å²) in [4.78, 5) is 23.3. The van der Waals surface area contributed by atoms with Crippen molar-refractivity contribution in [2.45, 2.75) is 64.5 Å². The largest absolute Gasteiger partial charge is 0.296 e. The van der Waals surface area contributed by atoms with Gasteiger partial charge in [0.15, 0.2) is 0 Å². The molecule has 0 unspecified atom stereocenters. The number of aryl methyl sites for hydroxylation is 1. The predicted octanol–water partition coefficient (Wildman–Crippen LogP) is 3.62. The molecule has 1 aromatic carbocycles. The van der Waals surface area contributed by atoms with Crippen LogP contribution in [0.2, 0.25) is 0 Å². The molecule has 5 nitrogen and oxygen atoms in total. The molecule has 0 N–H and O–H groups in total. The van der Waals surface area contributed by atoms with Crippen molar-refractivity contribution in [3.63, 3.8) is 0 Å². The summed E-state index contributed by atoms with van der Waals surface area (Å²) in [6, 6.07) is 9.96. The molecule has 5 rings (SSSR count). The van der Waals surface area contributed by atoms with Gasteiger partial charge in [-0.05, 0) is 66.3 Å². The van der Waals surface area contributed by atoms with E-state index in [9.17, 15) is 4.79 Å². The number of carbonyl (C=O) groups is 1. The van der Waals surface area contributed by atoms with Gasteiger partial charge in [-0.25, -0.2) is 4.98 Å². The van der Waals surface area contributed by atoms with Crippen LogP contribution in [0, 0.1) is 18.3 Å². The van der Waals surface area contributed by atoms with E-state index in [-0.39, 0.29) is 5.91 Å². The van der Waals surface area contributed by atoms with Gasteiger partial charge in [-0.2, -0.15) is 5.26 Å². The predicted molar refractivity (Wildman–Crippen MR) is 123 cm³/mol. The SMILES string of the molecule is Cc1ccc(C#N)nc1.O=C1c2ccc3c(c2CN=CN1C1CCCCC1)=CCCC=3. The van der Waals surface area contributed by atoms with E-state index in [1.807, 2.05) is 30.0 Å². The summed E-state index contributed by atoms with van der Waals surface area (Å²) in [5.41, 5.74) is 3.52. The van der Waals surface area contributed by atoms with Gasteiger partial charge in [0.25, 0.3) is 5.91 Å². The van der Waals surface area contributed by atoms with Gasteiger partial charge in [0.1, 0.15) is 11.8 Å². The second-order valence-electron chi connectivity index (χ2n) is 8.37. The lowest BCUT2D eigenvalue weighted by molar-refractivity contribution is 0.0785. The molecule has 0 atom stereocenters. The molecule has 2 aliphatic carbocycles. The van der Waals surface area contributed by atoms with E-state index in [0.29, 0.717) is 18.3 Å². The van der Waals surface area contributed by atoms with Crippen LogP contribution in [0.25, 0.3) is 12.2 Å². The second kappa shape index (κ2) is 9.70. The Bertz CT molecular complexity index is 1140. The molecular formula is C26H28N4O. The van der Waals surface area contributed by atoms with Gasteiger partial charge < -0.3 is 0 Å². The van der Waals surface area contributed by atoms with Crippen molar-refractivity contribution in [2.75, 3.05) is 0 Å². The number of rotatable bonds is 1. The van der Waals surface area contributed by atoms with Gasteiger partial charge in [0.2, 0.25) is 0 Å². The highest BCUT2D eigenvalue weighted by molar-refractivity contribution is 6.02. The maximum atomic E-state index is 13.0. The zero-order valence-electron chi connectivity index (χ0n) is 18.1. The summed E-state index contributed by atoms with van der Waals surface area (Å²) in [7, 11) is 0. The van der Waals surface area contributed by atoms with Crippen molar-refractivity contribution in [1.29, 1.82) is 5.26 Å². The van der Waals surface area contributed by atoms with Crippen LogP contribution in [0.1, 0.15) is 72.1 Å². The summed E-state index contributed by atoms with van der Waals surface area (Å²) >= 11 is 0. The maximum Gasteiger partial charge on any atom is 0.259 e. The Balaban J connectivity index is 0.000000217. The summed E-state index contributed by atoms with van der Waals surface area (Å²) in [5, 5.41) is 10.8. The molecule has 1 saturated carbocycles. The second-order valence-corrected chi connectivity index (χ2v) is 8.37. The maximum absolute atomic E-state index is 13.0. The van der Waals surface area contributed by atoms with Gasteiger partial charge in [-0.1, -0.05) is 43.5 Å². The van der Waals surface area contributed by atoms with Gasteiger partial charge in [0, 0.05) is 17.8 Å². The number of hydrogen-bond acceptors (Lipinski definition) is 4. The number of aromatic nitrogens is 1. The number of hydrogen-bond donors (Lipinski definition) is 0. The van der Waals surface area contributed by atoms with E-state index in [0.717, 1.165) is 42.4 Å². The van der Waals surface area contributed by atoms with Gasteiger partial charge in [-0.15, -0.1) is 0 Å². The molecule has 2 heterocycles. The van der Waals surface area contributed by atoms with Crippen LogP contribution in [-0.4, -0.2) is 28.2 Å². The fraction of sp³-hybridized carbons (Fsp3) is 0.385. The van der Waals surface area contributed by atoms with Crippen LogP contribution in [0.4, 0.5) is 0 Å². The number of nitriles is 1. The highest BCUT2D eigenvalue weighted by Gasteiger charge is 2.28. The van der Waals surface area contributed by atoms with Crippen LogP contribution >= 0.6 is 0 Å². The number of carbonyl (C=O) groups excluding carboxylic acids is 1. The minimum absolute atomic E-state index is 0.143. The summed E-state index contributed by atoms with van der Waals surface area (Å²) < 4.78 is 0. The van der Waals surface area contributed by atoms with E-state index in [1.165, 1.54) is 29.7 Å². The Morgan fingerprint density at radius 1 is 1.06 bits per heavy atom. The standard InChI is InChI=1S/C19H22N2O.C7H6N2/c22-19-17-11-10-14-6-4-5-9-16(14)18(17)12-20-13-21(19)15-7-2-1-3-8-15;1-6-2-3-7(4-8)9-5-6/h6,9-11,13,15H,1-5,7-8,12H2;2-3,5H,1H3. The van der Waals surface area contributed by atoms with Crippen molar-refractivity contribution in [3.8, 4) is 6.07 Å². The number of amides is 1. The van der Waals surface area contributed by atoms with E-state index in [1.54, 1.807) is 18.6 Å². The molecule has 0 bridgehead atoms. The molecule has 1 aliphatic heterocycles. The van der Waals surface area contributed by atoms with Gasteiger partial charge in [0.05, 0.1) is 12.9 Å². The third-order valence-corrected chi connectivity index (χ3v) is 6.18. The number of benzene rings is 1.